The Labute approximate surface area is 198 Å². The SMILES string of the molecule is CCCCCCCCCCCCCCN(CCC)OCCCCCCCCCCCC. The number of hydrogen-bond acceptors (Lipinski definition) is 2. The number of hydroxylamine groups is 2. The van der Waals surface area contributed by atoms with E-state index in [1.165, 1.54) is 148 Å². The Bertz CT molecular complexity index is 307. The predicted octanol–water partition coefficient (Wildman–Crippen LogP) is 10.3. The molecule has 0 aliphatic heterocycles. The van der Waals surface area contributed by atoms with Gasteiger partial charge in [-0.25, -0.2) is 0 Å². The Hall–Kier alpha value is -0.0800. The third-order valence-electron chi connectivity index (χ3n) is 6.51. The highest BCUT2D eigenvalue weighted by Gasteiger charge is 2.04. The minimum atomic E-state index is 0.925. The van der Waals surface area contributed by atoms with Crippen LogP contribution in [0.5, 0.6) is 0 Å². The number of hydrogen-bond donors (Lipinski definition) is 0. The lowest BCUT2D eigenvalue weighted by Gasteiger charge is -2.21. The summed E-state index contributed by atoms with van der Waals surface area (Å²) in [6.07, 6.45) is 32.2. The third-order valence-corrected chi connectivity index (χ3v) is 6.51. The molecule has 0 aromatic heterocycles. The molecule has 0 unspecified atom stereocenters. The van der Waals surface area contributed by atoms with Crippen LogP contribution in [0, 0.1) is 0 Å². The highest BCUT2D eigenvalue weighted by atomic mass is 16.7. The summed E-state index contributed by atoms with van der Waals surface area (Å²) in [7, 11) is 0. The second-order valence-electron chi connectivity index (χ2n) is 9.83. The Morgan fingerprint density at radius 2 is 0.710 bits per heavy atom. The Kier molecular flexibility index (Phi) is 27.9. The van der Waals surface area contributed by atoms with Crippen molar-refractivity contribution < 1.29 is 4.84 Å². The van der Waals surface area contributed by atoms with Gasteiger partial charge in [0.25, 0.3) is 0 Å². The molecule has 0 fully saturated rings. The topological polar surface area (TPSA) is 12.5 Å². The Morgan fingerprint density at radius 1 is 0.355 bits per heavy atom. The largest absolute Gasteiger partial charge is 0.299 e. The molecule has 0 saturated carbocycles. The molecule has 0 atom stereocenters. The third kappa shape index (κ3) is 26.1. The summed E-state index contributed by atoms with van der Waals surface area (Å²) in [5, 5.41) is 2.25. The number of nitrogens with zero attached hydrogens (tertiary/aromatic N) is 1. The molecule has 2 nitrogen and oxygen atoms in total. The maximum Gasteiger partial charge on any atom is 0.0685 e. The van der Waals surface area contributed by atoms with Gasteiger partial charge in [-0.05, 0) is 19.3 Å². The fourth-order valence-corrected chi connectivity index (χ4v) is 4.40. The molecule has 0 heterocycles. The Balaban J connectivity index is 3.39. The van der Waals surface area contributed by atoms with Gasteiger partial charge in [-0.1, -0.05) is 149 Å². The van der Waals surface area contributed by atoms with Gasteiger partial charge in [-0.3, -0.25) is 4.84 Å². The predicted molar refractivity (Wildman–Crippen MR) is 141 cm³/mol. The van der Waals surface area contributed by atoms with E-state index in [0.29, 0.717) is 0 Å². The van der Waals surface area contributed by atoms with Crippen molar-refractivity contribution in [2.75, 3.05) is 19.7 Å². The fourth-order valence-electron chi connectivity index (χ4n) is 4.40. The molecule has 0 spiro atoms. The van der Waals surface area contributed by atoms with Crippen LogP contribution >= 0.6 is 0 Å². The lowest BCUT2D eigenvalue weighted by Crippen LogP contribution is -2.26. The van der Waals surface area contributed by atoms with E-state index in [1.54, 1.807) is 0 Å². The summed E-state index contributed by atoms with van der Waals surface area (Å²) in [6.45, 7) is 10.0. The standard InChI is InChI=1S/C29H61NO/c1-4-7-9-11-13-15-17-18-19-21-23-25-28-30(27-6-3)31-29-26-24-22-20-16-14-12-10-8-5-2/h4-29H2,1-3H3. The Morgan fingerprint density at radius 3 is 1.10 bits per heavy atom. The lowest BCUT2D eigenvalue weighted by atomic mass is 10.1. The zero-order valence-electron chi connectivity index (χ0n) is 22.2. The summed E-state index contributed by atoms with van der Waals surface area (Å²) in [4.78, 5) is 6.09. The molecule has 0 N–H and O–H groups in total. The van der Waals surface area contributed by atoms with Gasteiger partial charge in [-0.2, -0.15) is 5.06 Å². The van der Waals surface area contributed by atoms with Crippen molar-refractivity contribution >= 4 is 0 Å². The summed E-state index contributed by atoms with van der Waals surface area (Å²) in [6, 6.07) is 0. The molecule has 0 bridgehead atoms. The van der Waals surface area contributed by atoms with Crippen LogP contribution in [-0.4, -0.2) is 24.8 Å². The minimum absolute atomic E-state index is 0.925. The van der Waals surface area contributed by atoms with Crippen LogP contribution in [0.3, 0.4) is 0 Å². The zero-order valence-corrected chi connectivity index (χ0v) is 22.2. The van der Waals surface area contributed by atoms with E-state index in [2.05, 4.69) is 25.8 Å². The first kappa shape index (κ1) is 30.9. The van der Waals surface area contributed by atoms with Gasteiger partial charge >= 0.3 is 0 Å². The van der Waals surface area contributed by atoms with Crippen molar-refractivity contribution in [3.05, 3.63) is 0 Å². The van der Waals surface area contributed by atoms with Crippen LogP contribution < -0.4 is 0 Å². The molecule has 188 valence electrons. The molecule has 0 rings (SSSR count). The first-order valence-electron chi connectivity index (χ1n) is 14.7. The number of rotatable bonds is 27. The highest BCUT2D eigenvalue weighted by Crippen LogP contribution is 2.13. The fraction of sp³-hybridized carbons (Fsp3) is 1.00. The van der Waals surface area contributed by atoms with Crippen molar-refractivity contribution in [3.8, 4) is 0 Å². The molecule has 0 saturated heterocycles. The van der Waals surface area contributed by atoms with Crippen LogP contribution in [0.4, 0.5) is 0 Å². The lowest BCUT2D eigenvalue weighted by molar-refractivity contribution is -0.160. The monoisotopic (exact) mass is 439 g/mol. The van der Waals surface area contributed by atoms with E-state index < -0.39 is 0 Å². The van der Waals surface area contributed by atoms with Crippen LogP contribution in [0.25, 0.3) is 0 Å². The maximum atomic E-state index is 6.09. The van der Waals surface area contributed by atoms with Gasteiger partial charge in [0.05, 0.1) is 6.61 Å². The van der Waals surface area contributed by atoms with Gasteiger partial charge in [0, 0.05) is 13.1 Å². The van der Waals surface area contributed by atoms with Gasteiger partial charge in [0.1, 0.15) is 0 Å². The molecule has 0 aromatic carbocycles. The van der Waals surface area contributed by atoms with E-state index >= 15 is 0 Å². The van der Waals surface area contributed by atoms with Crippen molar-refractivity contribution in [1.29, 1.82) is 0 Å². The first-order chi connectivity index (χ1) is 15.3. The van der Waals surface area contributed by atoms with E-state index in [-0.39, 0.29) is 0 Å². The molecule has 0 aliphatic rings. The van der Waals surface area contributed by atoms with Crippen LogP contribution in [0.1, 0.15) is 168 Å². The number of unbranched alkanes of at least 4 members (excludes halogenated alkanes) is 20. The smallest absolute Gasteiger partial charge is 0.0685 e. The second-order valence-corrected chi connectivity index (χ2v) is 9.83. The zero-order chi connectivity index (χ0) is 22.7. The van der Waals surface area contributed by atoms with E-state index in [9.17, 15) is 0 Å². The molecule has 0 aliphatic carbocycles. The first-order valence-corrected chi connectivity index (χ1v) is 14.7. The summed E-state index contributed by atoms with van der Waals surface area (Å²) < 4.78 is 0. The van der Waals surface area contributed by atoms with Crippen molar-refractivity contribution in [2.45, 2.75) is 168 Å². The molecule has 31 heavy (non-hydrogen) atoms. The van der Waals surface area contributed by atoms with Crippen LogP contribution in [0.15, 0.2) is 0 Å². The average molecular weight is 440 g/mol. The molecule has 0 radical (unpaired) electrons. The summed E-state index contributed by atoms with van der Waals surface area (Å²) >= 11 is 0. The molecule has 0 aromatic rings. The van der Waals surface area contributed by atoms with Gasteiger partial charge in [0.15, 0.2) is 0 Å². The average Bonchev–Trinajstić information content (AvgIpc) is 2.78. The summed E-state index contributed by atoms with van der Waals surface area (Å²) in [5.74, 6) is 0. The highest BCUT2D eigenvalue weighted by molar-refractivity contribution is 4.52. The van der Waals surface area contributed by atoms with E-state index in [4.69, 9.17) is 4.84 Å². The molecular formula is C29H61NO. The molecular weight excluding hydrogens is 378 g/mol. The van der Waals surface area contributed by atoms with Gasteiger partial charge < -0.3 is 0 Å². The van der Waals surface area contributed by atoms with Crippen LogP contribution in [0.2, 0.25) is 0 Å². The van der Waals surface area contributed by atoms with Crippen molar-refractivity contribution in [3.63, 3.8) is 0 Å². The van der Waals surface area contributed by atoms with E-state index in [0.717, 1.165) is 19.7 Å². The molecule has 2 heteroatoms. The van der Waals surface area contributed by atoms with E-state index in [1.807, 2.05) is 0 Å². The quantitative estimate of drug-likeness (QED) is 0.0932. The van der Waals surface area contributed by atoms with Crippen molar-refractivity contribution in [1.82, 2.24) is 5.06 Å². The summed E-state index contributed by atoms with van der Waals surface area (Å²) in [5.41, 5.74) is 0. The minimum Gasteiger partial charge on any atom is -0.299 e. The van der Waals surface area contributed by atoms with Gasteiger partial charge in [0.2, 0.25) is 0 Å². The van der Waals surface area contributed by atoms with Crippen LogP contribution in [-0.2, 0) is 4.84 Å². The molecule has 0 amide bonds. The normalized spacial score (nSPS) is 11.6. The van der Waals surface area contributed by atoms with Crippen molar-refractivity contribution in [2.24, 2.45) is 0 Å². The maximum absolute atomic E-state index is 6.09. The second kappa shape index (κ2) is 28.0. The van der Waals surface area contributed by atoms with Gasteiger partial charge in [-0.15, -0.1) is 0 Å².